The molecule has 0 radical (unpaired) electrons. The second-order valence-corrected chi connectivity index (χ2v) is 8.59. The van der Waals surface area contributed by atoms with Crippen LogP contribution in [0.1, 0.15) is 16.2 Å². The summed E-state index contributed by atoms with van der Waals surface area (Å²) in [6, 6.07) is 12.0. The molecule has 0 bridgehead atoms. The molecule has 0 saturated carbocycles. The summed E-state index contributed by atoms with van der Waals surface area (Å²) in [7, 11) is -0.586. The molecule has 0 aliphatic heterocycles. The van der Waals surface area contributed by atoms with E-state index in [0.29, 0.717) is 24.2 Å². The number of carbonyl (C=O) groups excluding carboxylic acids is 1. The average molecular weight is 398 g/mol. The molecule has 0 saturated heterocycles. The van der Waals surface area contributed by atoms with Crippen LogP contribution in [0.3, 0.4) is 0 Å². The van der Waals surface area contributed by atoms with E-state index in [2.05, 4.69) is 16.9 Å². The number of aromatic nitrogens is 2. The van der Waals surface area contributed by atoms with Gasteiger partial charge in [-0.1, -0.05) is 12.1 Å². The fourth-order valence-corrected chi connectivity index (χ4v) is 3.84. The Labute approximate surface area is 164 Å². The quantitative estimate of drug-likeness (QED) is 0.620. The van der Waals surface area contributed by atoms with Gasteiger partial charge in [-0.15, -0.1) is 6.58 Å². The molecule has 1 amide bonds. The summed E-state index contributed by atoms with van der Waals surface area (Å²) < 4.78 is 27.8. The van der Waals surface area contributed by atoms with Gasteiger partial charge in [0.1, 0.15) is 5.69 Å². The van der Waals surface area contributed by atoms with E-state index in [0.717, 1.165) is 15.5 Å². The Morgan fingerprint density at radius 3 is 2.68 bits per heavy atom. The minimum Gasteiger partial charge on any atom is -0.345 e. The topological polar surface area (TPSA) is 84.3 Å². The normalized spacial score (nSPS) is 11.7. The molecule has 8 heteroatoms. The molecule has 0 fully saturated rings. The first-order chi connectivity index (χ1) is 13.3. The van der Waals surface area contributed by atoms with Gasteiger partial charge >= 0.3 is 0 Å². The van der Waals surface area contributed by atoms with Crippen molar-refractivity contribution in [3.63, 3.8) is 0 Å². The van der Waals surface area contributed by atoms with E-state index >= 15 is 0 Å². The predicted molar refractivity (Wildman–Crippen MR) is 108 cm³/mol. The smallest absolute Gasteiger partial charge is 0.268 e. The summed E-state index contributed by atoms with van der Waals surface area (Å²) in [5.74, 6) is -0.263. The van der Waals surface area contributed by atoms with Crippen LogP contribution in [0.5, 0.6) is 0 Å². The first-order valence-electron chi connectivity index (χ1n) is 8.69. The van der Waals surface area contributed by atoms with Crippen LogP contribution in [0.4, 0.5) is 0 Å². The van der Waals surface area contributed by atoms with E-state index < -0.39 is 10.0 Å². The molecule has 1 N–H and O–H groups in total. The lowest BCUT2D eigenvalue weighted by atomic mass is 10.2. The van der Waals surface area contributed by atoms with E-state index in [-0.39, 0.29) is 10.8 Å². The standard InChI is InChI=1S/C20H22N4O3S/c1-4-11-24-18-9-8-17(28(26,27)23(2)3)12-15(18)13-19(24)20(25)22-14-16-7-5-6-10-21-16/h4-10,12-13H,1,11,14H2,2-3H3,(H,22,25). The van der Waals surface area contributed by atoms with E-state index in [1.165, 1.54) is 14.1 Å². The molecule has 0 spiro atoms. The highest BCUT2D eigenvalue weighted by molar-refractivity contribution is 7.89. The molecule has 2 aromatic heterocycles. The van der Waals surface area contributed by atoms with Crippen LogP contribution in [-0.4, -0.2) is 42.3 Å². The van der Waals surface area contributed by atoms with Crippen molar-refractivity contribution in [1.29, 1.82) is 0 Å². The molecular formula is C20H22N4O3S. The van der Waals surface area contributed by atoms with Crippen molar-refractivity contribution in [2.75, 3.05) is 14.1 Å². The van der Waals surface area contributed by atoms with E-state index in [4.69, 9.17) is 0 Å². The minimum absolute atomic E-state index is 0.182. The van der Waals surface area contributed by atoms with Crippen molar-refractivity contribution < 1.29 is 13.2 Å². The first-order valence-corrected chi connectivity index (χ1v) is 10.1. The van der Waals surface area contributed by atoms with Crippen LogP contribution in [0.25, 0.3) is 10.9 Å². The van der Waals surface area contributed by atoms with Crippen LogP contribution < -0.4 is 5.32 Å². The fraction of sp³-hybridized carbons (Fsp3) is 0.200. The Bertz CT molecular complexity index is 1120. The number of rotatable bonds is 7. The number of hydrogen-bond donors (Lipinski definition) is 1. The average Bonchev–Trinajstić information content (AvgIpc) is 3.05. The number of benzene rings is 1. The van der Waals surface area contributed by atoms with Gasteiger partial charge in [0.25, 0.3) is 5.91 Å². The summed E-state index contributed by atoms with van der Waals surface area (Å²) in [5.41, 5.74) is 1.95. The number of nitrogens with zero attached hydrogens (tertiary/aromatic N) is 3. The third-order valence-corrected chi connectivity index (χ3v) is 6.16. The Morgan fingerprint density at radius 1 is 1.25 bits per heavy atom. The first kappa shape index (κ1) is 19.8. The van der Waals surface area contributed by atoms with Gasteiger partial charge in [-0.2, -0.15) is 0 Å². The highest BCUT2D eigenvalue weighted by Crippen LogP contribution is 2.25. The predicted octanol–water partition coefficient (Wildman–Crippen LogP) is 2.40. The third kappa shape index (κ3) is 3.83. The Hall–Kier alpha value is -2.97. The van der Waals surface area contributed by atoms with Crippen molar-refractivity contribution in [3.05, 3.63) is 72.7 Å². The number of sulfonamides is 1. The Morgan fingerprint density at radius 2 is 2.04 bits per heavy atom. The summed E-state index contributed by atoms with van der Waals surface area (Å²) in [6.07, 6.45) is 3.36. The van der Waals surface area contributed by atoms with Gasteiger partial charge in [0.2, 0.25) is 10.0 Å². The van der Waals surface area contributed by atoms with Crippen LogP contribution >= 0.6 is 0 Å². The molecular weight excluding hydrogens is 376 g/mol. The zero-order valence-electron chi connectivity index (χ0n) is 15.8. The van der Waals surface area contributed by atoms with Crippen LogP contribution in [-0.2, 0) is 23.1 Å². The lowest BCUT2D eigenvalue weighted by Crippen LogP contribution is -2.25. The molecule has 0 aliphatic rings. The molecule has 3 rings (SSSR count). The maximum atomic E-state index is 12.8. The highest BCUT2D eigenvalue weighted by Gasteiger charge is 2.20. The number of hydrogen-bond acceptors (Lipinski definition) is 4. The van der Waals surface area contributed by atoms with Gasteiger partial charge in [-0.25, -0.2) is 12.7 Å². The number of carbonyl (C=O) groups is 1. The Balaban J connectivity index is 1.98. The minimum atomic E-state index is -3.56. The van der Waals surface area contributed by atoms with E-state index in [1.807, 2.05) is 22.8 Å². The molecule has 3 aromatic rings. The fourth-order valence-electron chi connectivity index (χ4n) is 2.90. The highest BCUT2D eigenvalue weighted by atomic mass is 32.2. The van der Waals surface area contributed by atoms with Crippen molar-refractivity contribution in [2.45, 2.75) is 18.0 Å². The van der Waals surface area contributed by atoms with Gasteiger partial charge in [-0.05, 0) is 36.4 Å². The van der Waals surface area contributed by atoms with Crippen LogP contribution in [0.15, 0.2) is 66.2 Å². The Kier molecular flexibility index (Phi) is 5.62. The largest absolute Gasteiger partial charge is 0.345 e. The second-order valence-electron chi connectivity index (χ2n) is 6.44. The van der Waals surface area contributed by atoms with Gasteiger partial charge in [0, 0.05) is 37.7 Å². The number of nitrogens with one attached hydrogen (secondary N) is 1. The summed E-state index contributed by atoms with van der Waals surface area (Å²) in [4.78, 5) is 17.1. The SMILES string of the molecule is C=CCn1c(C(=O)NCc2ccccn2)cc2cc(S(=O)(=O)N(C)C)ccc21. The number of fused-ring (bicyclic) bond motifs is 1. The van der Waals surface area contributed by atoms with Crippen molar-refractivity contribution in [2.24, 2.45) is 0 Å². The number of allylic oxidation sites excluding steroid dienone is 1. The summed E-state index contributed by atoms with van der Waals surface area (Å²) >= 11 is 0. The van der Waals surface area contributed by atoms with Crippen molar-refractivity contribution in [3.8, 4) is 0 Å². The number of amides is 1. The molecule has 0 aliphatic carbocycles. The van der Waals surface area contributed by atoms with Gasteiger partial charge in [-0.3, -0.25) is 9.78 Å². The molecule has 0 atom stereocenters. The number of pyridine rings is 1. The third-order valence-electron chi connectivity index (χ3n) is 4.35. The van der Waals surface area contributed by atoms with Crippen LogP contribution in [0, 0.1) is 0 Å². The second kappa shape index (κ2) is 7.95. The lowest BCUT2D eigenvalue weighted by Gasteiger charge is -2.12. The molecule has 1 aromatic carbocycles. The summed E-state index contributed by atoms with van der Waals surface area (Å²) in [5, 5.41) is 3.53. The molecule has 146 valence electrons. The molecule has 7 nitrogen and oxygen atoms in total. The van der Waals surface area contributed by atoms with Gasteiger partial charge in [0.05, 0.1) is 17.1 Å². The van der Waals surface area contributed by atoms with Crippen LogP contribution in [0.2, 0.25) is 0 Å². The van der Waals surface area contributed by atoms with Gasteiger partial charge in [0.15, 0.2) is 0 Å². The maximum absolute atomic E-state index is 12.8. The van der Waals surface area contributed by atoms with Gasteiger partial charge < -0.3 is 9.88 Å². The van der Waals surface area contributed by atoms with E-state index in [1.54, 1.807) is 36.5 Å². The zero-order chi connectivity index (χ0) is 20.3. The molecule has 2 heterocycles. The lowest BCUT2D eigenvalue weighted by molar-refractivity contribution is 0.0942. The monoisotopic (exact) mass is 398 g/mol. The summed E-state index contributed by atoms with van der Waals surface area (Å²) in [6.45, 7) is 4.48. The molecule has 28 heavy (non-hydrogen) atoms. The zero-order valence-corrected chi connectivity index (χ0v) is 16.6. The van der Waals surface area contributed by atoms with Crippen molar-refractivity contribution >= 4 is 26.8 Å². The van der Waals surface area contributed by atoms with Crippen molar-refractivity contribution in [1.82, 2.24) is 19.2 Å². The maximum Gasteiger partial charge on any atom is 0.268 e. The van der Waals surface area contributed by atoms with E-state index in [9.17, 15) is 13.2 Å². The molecule has 0 unspecified atom stereocenters.